The Morgan fingerprint density at radius 2 is 1.68 bits per heavy atom. The summed E-state index contributed by atoms with van der Waals surface area (Å²) >= 11 is 0. The first-order chi connectivity index (χ1) is 14.8. The molecule has 31 heavy (non-hydrogen) atoms. The molecule has 0 aromatic heterocycles. The van der Waals surface area contributed by atoms with Crippen LogP contribution >= 0.6 is 0 Å². The summed E-state index contributed by atoms with van der Waals surface area (Å²) in [4.78, 5) is 12.5. The molecule has 0 aliphatic heterocycles. The fraction of sp³-hybridized carbons (Fsp3) is 0.174. The molecular weight excluding hydrogens is 419 g/mol. The molecule has 0 heterocycles. The number of nitrogens with one attached hydrogen (secondary N) is 1. The van der Waals surface area contributed by atoms with Crippen molar-refractivity contribution >= 4 is 15.9 Å². The van der Waals surface area contributed by atoms with Gasteiger partial charge in [0.1, 0.15) is 16.5 Å². The minimum absolute atomic E-state index is 0.0946. The number of carbonyl (C=O) groups excluding carboxylic acids is 1. The molecule has 0 saturated carbocycles. The lowest BCUT2D eigenvalue weighted by Gasteiger charge is -2.19. The number of methoxy groups -OCH3 is 1. The third-order valence-electron chi connectivity index (χ3n) is 4.73. The van der Waals surface area contributed by atoms with E-state index >= 15 is 0 Å². The van der Waals surface area contributed by atoms with Gasteiger partial charge in [-0.1, -0.05) is 42.5 Å². The van der Waals surface area contributed by atoms with E-state index in [1.807, 2.05) is 30.3 Å². The van der Waals surface area contributed by atoms with Crippen molar-refractivity contribution in [2.75, 3.05) is 14.2 Å². The monoisotopic (exact) mass is 442 g/mol. The lowest BCUT2D eigenvalue weighted by atomic mass is 10.2. The maximum absolute atomic E-state index is 13.2. The normalized spacial score (nSPS) is 11.4. The topological polar surface area (TPSA) is 75.7 Å². The summed E-state index contributed by atoms with van der Waals surface area (Å²) in [6.45, 7) is 0.356. The molecule has 8 heteroatoms. The summed E-state index contributed by atoms with van der Waals surface area (Å²) < 4.78 is 45.8. The molecule has 0 fully saturated rings. The Hall–Kier alpha value is -3.23. The predicted octanol–water partition coefficient (Wildman–Crippen LogP) is 3.59. The van der Waals surface area contributed by atoms with Crippen LogP contribution in [0.5, 0.6) is 5.75 Å². The van der Waals surface area contributed by atoms with Crippen LogP contribution in [0.4, 0.5) is 4.39 Å². The summed E-state index contributed by atoms with van der Waals surface area (Å²) in [5, 5.41) is 2.71. The highest BCUT2D eigenvalue weighted by molar-refractivity contribution is 7.89. The number of ether oxygens (including phenoxy) is 1. The molecule has 6 nitrogen and oxygen atoms in total. The average molecular weight is 443 g/mol. The van der Waals surface area contributed by atoms with E-state index in [0.717, 1.165) is 11.1 Å². The number of sulfonamides is 1. The van der Waals surface area contributed by atoms with Gasteiger partial charge in [-0.05, 0) is 41.5 Å². The van der Waals surface area contributed by atoms with Gasteiger partial charge in [0.05, 0.1) is 7.11 Å². The number of halogens is 1. The van der Waals surface area contributed by atoms with E-state index in [-0.39, 0.29) is 35.1 Å². The Labute approximate surface area is 181 Å². The summed E-state index contributed by atoms with van der Waals surface area (Å²) in [5.74, 6) is -0.663. The largest absolute Gasteiger partial charge is 0.495 e. The molecule has 1 N–H and O–H groups in total. The summed E-state index contributed by atoms with van der Waals surface area (Å²) in [6.07, 6.45) is 0. The lowest BCUT2D eigenvalue weighted by molar-refractivity contribution is 0.0950. The smallest absolute Gasteiger partial charge is 0.251 e. The van der Waals surface area contributed by atoms with Gasteiger partial charge in [-0.2, -0.15) is 4.31 Å². The fourth-order valence-electron chi connectivity index (χ4n) is 3.00. The standard InChI is InChI=1S/C23H23FN2O4S/c1-26(16-18-6-4-3-5-7-18)31(28,29)22-14-19(10-13-21(22)30-2)23(27)25-15-17-8-11-20(24)12-9-17/h3-14H,15-16H2,1-2H3,(H,25,27). The van der Waals surface area contributed by atoms with Crippen molar-refractivity contribution in [3.05, 3.63) is 95.3 Å². The molecule has 0 spiro atoms. The van der Waals surface area contributed by atoms with E-state index in [2.05, 4.69) is 5.32 Å². The van der Waals surface area contributed by atoms with Gasteiger partial charge in [-0.15, -0.1) is 0 Å². The molecule has 1 amide bonds. The second kappa shape index (κ2) is 9.72. The van der Waals surface area contributed by atoms with Crippen LogP contribution in [0.15, 0.2) is 77.7 Å². The fourth-order valence-corrected chi connectivity index (χ4v) is 4.34. The van der Waals surface area contributed by atoms with Gasteiger partial charge < -0.3 is 10.1 Å². The Morgan fingerprint density at radius 3 is 2.32 bits per heavy atom. The second-order valence-electron chi connectivity index (χ2n) is 6.92. The Bertz CT molecular complexity index is 1150. The molecule has 3 rings (SSSR count). The van der Waals surface area contributed by atoms with Crippen LogP contribution in [-0.2, 0) is 23.1 Å². The highest BCUT2D eigenvalue weighted by Gasteiger charge is 2.26. The number of carbonyl (C=O) groups is 1. The number of rotatable bonds is 8. The third-order valence-corrected chi connectivity index (χ3v) is 6.55. The molecule has 0 bridgehead atoms. The Kier molecular flexibility index (Phi) is 7.04. The molecule has 3 aromatic rings. The minimum atomic E-state index is -3.92. The van der Waals surface area contributed by atoms with Gasteiger partial charge in [-0.25, -0.2) is 12.8 Å². The summed E-state index contributed by atoms with van der Waals surface area (Å²) in [7, 11) is -1.07. The maximum Gasteiger partial charge on any atom is 0.251 e. The van der Waals surface area contributed by atoms with Gasteiger partial charge in [0.2, 0.25) is 10.0 Å². The minimum Gasteiger partial charge on any atom is -0.495 e. The van der Waals surface area contributed by atoms with E-state index in [9.17, 15) is 17.6 Å². The van der Waals surface area contributed by atoms with Crippen molar-refractivity contribution in [1.82, 2.24) is 9.62 Å². The van der Waals surface area contributed by atoms with Crippen molar-refractivity contribution in [2.24, 2.45) is 0 Å². The van der Waals surface area contributed by atoms with Gasteiger partial charge in [0.25, 0.3) is 5.91 Å². The number of hydrogen-bond donors (Lipinski definition) is 1. The number of nitrogens with zero attached hydrogens (tertiary/aromatic N) is 1. The van der Waals surface area contributed by atoms with Gasteiger partial charge in [0.15, 0.2) is 0 Å². The Morgan fingerprint density at radius 1 is 1.00 bits per heavy atom. The van der Waals surface area contributed by atoms with Crippen LogP contribution in [0.3, 0.4) is 0 Å². The van der Waals surface area contributed by atoms with E-state index in [4.69, 9.17) is 4.74 Å². The summed E-state index contributed by atoms with van der Waals surface area (Å²) in [6, 6.07) is 19.2. The zero-order valence-corrected chi connectivity index (χ0v) is 18.0. The highest BCUT2D eigenvalue weighted by Crippen LogP contribution is 2.28. The van der Waals surface area contributed by atoms with Crippen LogP contribution in [0.2, 0.25) is 0 Å². The first-order valence-electron chi connectivity index (χ1n) is 9.52. The molecular formula is C23H23FN2O4S. The van der Waals surface area contributed by atoms with Crippen LogP contribution in [-0.4, -0.2) is 32.8 Å². The number of amides is 1. The van der Waals surface area contributed by atoms with Crippen LogP contribution in [0, 0.1) is 5.82 Å². The average Bonchev–Trinajstić information content (AvgIpc) is 2.78. The predicted molar refractivity (Wildman–Crippen MR) is 116 cm³/mol. The molecule has 0 aliphatic carbocycles. The summed E-state index contributed by atoms with van der Waals surface area (Å²) in [5.41, 5.74) is 1.73. The SMILES string of the molecule is COc1ccc(C(=O)NCc2ccc(F)cc2)cc1S(=O)(=O)N(C)Cc1ccccc1. The van der Waals surface area contributed by atoms with Crippen molar-refractivity contribution in [3.8, 4) is 5.75 Å². The van der Waals surface area contributed by atoms with E-state index in [0.29, 0.717) is 0 Å². The van der Waals surface area contributed by atoms with Crippen molar-refractivity contribution in [3.63, 3.8) is 0 Å². The maximum atomic E-state index is 13.2. The zero-order valence-electron chi connectivity index (χ0n) is 17.2. The molecule has 0 radical (unpaired) electrons. The molecule has 0 saturated heterocycles. The highest BCUT2D eigenvalue weighted by atomic mass is 32.2. The van der Waals surface area contributed by atoms with Crippen LogP contribution < -0.4 is 10.1 Å². The van der Waals surface area contributed by atoms with Crippen LogP contribution in [0.1, 0.15) is 21.5 Å². The first-order valence-corrected chi connectivity index (χ1v) is 11.0. The second-order valence-corrected chi connectivity index (χ2v) is 8.93. The van der Waals surface area contributed by atoms with Crippen molar-refractivity contribution in [2.45, 2.75) is 18.0 Å². The lowest BCUT2D eigenvalue weighted by Crippen LogP contribution is -2.28. The molecule has 3 aromatic carbocycles. The molecule has 0 unspecified atom stereocenters. The van der Waals surface area contributed by atoms with E-state index in [1.165, 1.54) is 48.8 Å². The molecule has 162 valence electrons. The first kappa shape index (κ1) is 22.5. The van der Waals surface area contributed by atoms with Gasteiger partial charge in [0, 0.05) is 25.7 Å². The van der Waals surface area contributed by atoms with E-state index in [1.54, 1.807) is 12.1 Å². The van der Waals surface area contributed by atoms with Gasteiger partial charge >= 0.3 is 0 Å². The number of benzene rings is 3. The molecule has 0 atom stereocenters. The number of hydrogen-bond acceptors (Lipinski definition) is 4. The van der Waals surface area contributed by atoms with Gasteiger partial charge in [-0.3, -0.25) is 4.79 Å². The quantitative estimate of drug-likeness (QED) is 0.579. The van der Waals surface area contributed by atoms with Crippen molar-refractivity contribution < 1.29 is 22.3 Å². The zero-order chi connectivity index (χ0) is 22.4. The van der Waals surface area contributed by atoms with E-state index < -0.39 is 15.9 Å². The Balaban J connectivity index is 1.81. The third kappa shape index (κ3) is 5.48. The van der Waals surface area contributed by atoms with Crippen LogP contribution in [0.25, 0.3) is 0 Å². The molecule has 0 aliphatic rings. The van der Waals surface area contributed by atoms with Crippen molar-refractivity contribution in [1.29, 1.82) is 0 Å².